The van der Waals surface area contributed by atoms with Crippen molar-refractivity contribution in [3.63, 3.8) is 0 Å². The van der Waals surface area contributed by atoms with Crippen molar-refractivity contribution < 1.29 is 31.5 Å². The molecule has 1 saturated carbocycles. The molecule has 4 N–H and O–H groups in total. The quantitative estimate of drug-likeness (QED) is 0.328. The number of rotatable bonds is 7. The molecule has 7 nitrogen and oxygen atoms in total. The van der Waals surface area contributed by atoms with E-state index in [4.69, 9.17) is 10.4 Å². The molecule has 1 atom stereocenters. The van der Waals surface area contributed by atoms with E-state index in [9.17, 15) is 31.5 Å². The largest absolute Gasteiger partial charge is 0.417 e. The molecule has 1 aliphatic carbocycles. The van der Waals surface area contributed by atoms with Gasteiger partial charge in [0.25, 0.3) is 5.91 Å². The first-order valence-electron chi connectivity index (χ1n) is 13.1. The summed E-state index contributed by atoms with van der Waals surface area (Å²) in [5, 5.41) is 29.2. The molecule has 3 aromatic rings. The van der Waals surface area contributed by atoms with Crippen LogP contribution >= 0.6 is 0 Å². The molecule has 11 heteroatoms. The number of alkyl halides is 3. The van der Waals surface area contributed by atoms with Crippen molar-refractivity contribution in [1.82, 2.24) is 0 Å². The lowest BCUT2D eigenvalue weighted by Crippen LogP contribution is -2.51. The molecule has 0 aliphatic heterocycles. The molecule has 0 saturated heterocycles. The van der Waals surface area contributed by atoms with Crippen LogP contribution in [0.5, 0.6) is 0 Å². The molecule has 1 unspecified atom stereocenters. The average Bonchev–Trinajstić information content (AvgIpc) is 2.92. The van der Waals surface area contributed by atoms with Gasteiger partial charge < -0.3 is 10.4 Å². The highest BCUT2D eigenvalue weighted by atomic mass is 32.2. The number of nitrogens with one attached hydrogen (secondary N) is 1. The van der Waals surface area contributed by atoms with Crippen LogP contribution < -0.4 is 10.5 Å². The van der Waals surface area contributed by atoms with Gasteiger partial charge in [0.1, 0.15) is 5.60 Å². The number of benzene rings is 3. The summed E-state index contributed by atoms with van der Waals surface area (Å²) >= 11 is 0. The number of aryl methyl sites for hydroxylation is 1. The number of hydrogen-bond acceptors (Lipinski definition) is 5. The van der Waals surface area contributed by atoms with Gasteiger partial charge in [-0.15, -0.1) is 0 Å². The molecule has 1 fully saturated rings. The topological polar surface area (TPSA) is 133 Å². The number of nitrogens with zero attached hydrogens (tertiary/aromatic N) is 1. The van der Waals surface area contributed by atoms with Crippen LogP contribution in [0.25, 0.3) is 11.1 Å². The van der Waals surface area contributed by atoms with Crippen LogP contribution in [0.4, 0.5) is 18.9 Å². The van der Waals surface area contributed by atoms with Gasteiger partial charge in [-0.2, -0.15) is 18.4 Å². The first-order valence-corrected chi connectivity index (χ1v) is 14.7. The zero-order valence-electron chi connectivity index (χ0n) is 22.3. The van der Waals surface area contributed by atoms with E-state index in [1.165, 1.54) is 12.1 Å². The molecule has 216 valence electrons. The Labute approximate surface area is 236 Å². The van der Waals surface area contributed by atoms with Crippen LogP contribution in [-0.4, -0.2) is 25.0 Å². The Morgan fingerprint density at radius 3 is 2.32 bits per heavy atom. The zero-order valence-corrected chi connectivity index (χ0v) is 23.1. The number of nitriles is 1. The number of anilines is 1. The van der Waals surface area contributed by atoms with Crippen molar-refractivity contribution in [3.8, 4) is 17.2 Å². The van der Waals surface area contributed by atoms with Crippen molar-refractivity contribution in [2.75, 3.05) is 5.32 Å². The summed E-state index contributed by atoms with van der Waals surface area (Å²) in [5.74, 6) is -1.56. The third-order valence-corrected chi connectivity index (χ3v) is 8.63. The third kappa shape index (κ3) is 6.62. The molecular weight excluding hydrogens is 555 g/mol. The minimum Gasteiger partial charge on any atom is -0.379 e. The normalized spacial score (nSPS) is 16.0. The minimum atomic E-state index is -4.84. The molecule has 0 radical (unpaired) electrons. The fourth-order valence-electron chi connectivity index (χ4n) is 5.49. The van der Waals surface area contributed by atoms with Gasteiger partial charge in [-0.1, -0.05) is 67.3 Å². The van der Waals surface area contributed by atoms with E-state index in [0.717, 1.165) is 37.0 Å². The second-order valence-corrected chi connectivity index (χ2v) is 12.0. The molecule has 0 aromatic heterocycles. The second-order valence-electron chi connectivity index (χ2n) is 10.5. The predicted molar refractivity (Wildman–Crippen MR) is 148 cm³/mol. The van der Waals surface area contributed by atoms with Gasteiger partial charge in [-0.05, 0) is 55.0 Å². The highest BCUT2D eigenvalue weighted by Crippen LogP contribution is 2.39. The number of carbonyl (C=O) groups excluding carboxylic acids is 1. The lowest BCUT2D eigenvalue weighted by Gasteiger charge is -2.38. The van der Waals surface area contributed by atoms with Gasteiger partial charge >= 0.3 is 6.18 Å². The van der Waals surface area contributed by atoms with Gasteiger partial charge in [-0.3, -0.25) is 4.79 Å². The van der Waals surface area contributed by atoms with Crippen molar-refractivity contribution in [2.24, 2.45) is 11.1 Å². The number of primary sulfonamides is 1. The van der Waals surface area contributed by atoms with E-state index in [2.05, 4.69) is 5.32 Å². The highest BCUT2D eigenvalue weighted by Gasteiger charge is 2.45. The van der Waals surface area contributed by atoms with Crippen LogP contribution in [0.3, 0.4) is 0 Å². The summed E-state index contributed by atoms with van der Waals surface area (Å²) < 4.78 is 66.4. The van der Waals surface area contributed by atoms with Crippen LogP contribution in [0, 0.1) is 24.2 Å². The molecule has 1 aliphatic rings. The lowest BCUT2D eigenvalue weighted by molar-refractivity contribution is -0.142. The van der Waals surface area contributed by atoms with Crippen LogP contribution in [0.2, 0.25) is 0 Å². The van der Waals surface area contributed by atoms with E-state index in [-0.39, 0.29) is 16.1 Å². The van der Waals surface area contributed by atoms with Gasteiger partial charge in [-0.25, -0.2) is 13.6 Å². The van der Waals surface area contributed by atoms with Crippen molar-refractivity contribution >= 4 is 21.6 Å². The smallest absolute Gasteiger partial charge is 0.379 e. The van der Waals surface area contributed by atoms with Gasteiger partial charge in [0.2, 0.25) is 10.0 Å². The Bertz CT molecular complexity index is 1590. The first-order chi connectivity index (χ1) is 19.2. The van der Waals surface area contributed by atoms with Crippen LogP contribution in [-0.2, 0) is 27.4 Å². The first kappa shape index (κ1) is 30.2. The van der Waals surface area contributed by atoms with Crippen molar-refractivity contribution in [1.29, 1.82) is 5.26 Å². The number of amides is 1. The number of hydrogen-bond donors (Lipinski definition) is 3. The Balaban J connectivity index is 1.79. The standard InChI is InChI=1S/C30H30F3N3O4S/c1-19-10-12-20(13-11-19)25-9-5-6-21(27(25)41(35,39)40)17-29(38,23-7-3-2-4-8-23)28(37)36-24-15-14-22(18-34)26(16-24)30(31,32)33/h5-6,9-16,23,38H,2-4,7-8,17H2,1H3,(H,36,37)(H2,35,39,40). The molecule has 0 spiro atoms. The molecule has 0 bridgehead atoms. The molecular formula is C30H30F3N3O4S. The molecule has 0 heterocycles. The SMILES string of the molecule is Cc1ccc(-c2cccc(CC(O)(C(=O)Nc3ccc(C#N)c(C(F)(F)F)c3)C3CCCCC3)c2S(N)(=O)=O)cc1. The lowest BCUT2D eigenvalue weighted by atomic mass is 9.73. The van der Waals surface area contributed by atoms with E-state index < -0.39 is 51.2 Å². The average molecular weight is 586 g/mol. The zero-order chi connectivity index (χ0) is 30.0. The van der Waals surface area contributed by atoms with Crippen molar-refractivity contribution in [3.05, 3.63) is 82.9 Å². The minimum absolute atomic E-state index is 0.115. The van der Waals surface area contributed by atoms with Crippen LogP contribution in [0.15, 0.2) is 65.6 Å². The molecule has 1 amide bonds. The number of carbonyl (C=O) groups is 1. The number of aliphatic hydroxyl groups is 1. The van der Waals surface area contributed by atoms with Gasteiger partial charge in [0.05, 0.1) is 22.1 Å². The maximum absolute atomic E-state index is 13.7. The fourth-order valence-corrected chi connectivity index (χ4v) is 6.49. The second kappa shape index (κ2) is 11.6. The van der Waals surface area contributed by atoms with E-state index >= 15 is 0 Å². The van der Waals surface area contributed by atoms with Crippen molar-refractivity contribution in [2.45, 2.75) is 62.1 Å². The number of nitrogens with two attached hydrogens (primary N) is 1. The number of halogens is 3. The van der Waals surface area contributed by atoms with Gasteiger partial charge in [0.15, 0.2) is 0 Å². The summed E-state index contributed by atoms with van der Waals surface area (Å²) in [6, 6.07) is 16.0. The van der Waals surface area contributed by atoms with Crippen LogP contribution in [0.1, 0.15) is 54.4 Å². The molecule has 4 rings (SSSR count). The summed E-state index contributed by atoms with van der Waals surface area (Å²) in [7, 11) is -4.34. The maximum Gasteiger partial charge on any atom is 0.417 e. The summed E-state index contributed by atoms with van der Waals surface area (Å²) in [6.45, 7) is 1.88. The Morgan fingerprint density at radius 1 is 1.07 bits per heavy atom. The Kier molecular flexibility index (Phi) is 8.59. The summed E-state index contributed by atoms with van der Waals surface area (Å²) in [4.78, 5) is 13.5. The monoisotopic (exact) mass is 585 g/mol. The highest BCUT2D eigenvalue weighted by molar-refractivity contribution is 7.89. The van der Waals surface area contributed by atoms with E-state index in [1.54, 1.807) is 24.3 Å². The third-order valence-electron chi connectivity index (χ3n) is 7.58. The fraction of sp³-hybridized carbons (Fsp3) is 0.333. The number of sulfonamides is 1. The Morgan fingerprint density at radius 2 is 1.73 bits per heavy atom. The van der Waals surface area contributed by atoms with E-state index in [1.807, 2.05) is 19.1 Å². The van der Waals surface area contributed by atoms with E-state index in [0.29, 0.717) is 30.0 Å². The molecule has 41 heavy (non-hydrogen) atoms. The summed E-state index contributed by atoms with van der Waals surface area (Å²) in [6.07, 6.45) is -2.00. The molecule has 3 aromatic carbocycles. The predicted octanol–water partition coefficient (Wildman–Crippen LogP) is 5.69. The van der Waals surface area contributed by atoms with Gasteiger partial charge in [0, 0.05) is 17.7 Å². The Hall–Kier alpha value is -3.72. The summed E-state index contributed by atoms with van der Waals surface area (Å²) in [5.41, 5.74) is -2.30. The maximum atomic E-state index is 13.7.